The van der Waals surface area contributed by atoms with Gasteiger partial charge in [0, 0.05) is 18.8 Å². The molecule has 3 nitrogen and oxygen atoms in total. The smallest absolute Gasteiger partial charge is 0.0643 e. The Balaban J connectivity index is 1.72. The van der Waals surface area contributed by atoms with Gasteiger partial charge in [-0.25, -0.2) is 0 Å². The van der Waals surface area contributed by atoms with Gasteiger partial charge < -0.3 is 15.4 Å². The highest BCUT2D eigenvalue weighted by molar-refractivity contribution is 5.59. The van der Waals surface area contributed by atoms with Crippen molar-refractivity contribution in [2.24, 2.45) is 0 Å². The lowest BCUT2D eigenvalue weighted by Crippen LogP contribution is -2.45. The van der Waals surface area contributed by atoms with Crippen molar-refractivity contribution >= 4 is 5.69 Å². The monoisotopic (exact) mass is 218 g/mol. The quantitative estimate of drug-likeness (QED) is 0.807. The molecule has 1 fully saturated rings. The molecule has 2 aliphatic rings. The fraction of sp³-hybridized carbons (Fsp3) is 0.538. The summed E-state index contributed by atoms with van der Waals surface area (Å²) in [7, 11) is 0. The first-order valence-electron chi connectivity index (χ1n) is 6.09. The summed E-state index contributed by atoms with van der Waals surface area (Å²) in [5.41, 5.74) is 4.22. The Hall–Kier alpha value is -1.06. The lowest BCUT2D eigenvalue weighted by molar-refractivity contribution is -0.00576. The van der Waals surface area contributed by atoms with Crippen molar-refractivity contribution in [2.45, 2.75) is 25.4 Å². The van der Waals surface area contributed by atoms with Crippen LogP contribution in [0.3, 0.4) is 0 Å². The van der Waals surface area contributed by atoms with Crippen LogP contribution >= 0.6 is 0 Å². The minimum Gasteiger partial charge on any atom is -0.385 e. The summed E-state index contributed by atoms with van der Waals surface area (Å²) < 4.78 is 5.16. The first-order valence-corrected chi connectivity index (χ1v) is 6.09. The van der Waals surface area contributed by atoms with Crippen LogP contribution in [0.15, 0.2) is 18.2 Å². The van der Waals surface area contributed by atoms with Gasteiger partial charge in [-0.3, -0.25) is 0 Å². The van der Waals surface area contributed by atoms with Crippen LogP contribution in [0.4, 0.5) is 5.69 Å². The Labute approximate surface area is 96.2 Å². The summed E-state index contributed by atoms with van der Waals surface area (Å²) >= 11 is 0. The van der Waals surface area contributed by atoms with E-state index in [0.29, 0.717) is 6.04 Å². The second-order valence-electron chi connectivity index (χ2n) is 4.60. The molecular weight excluding hydrogens is 200 g/mol. The highest BCUT2D eigenvalue weighted by atomic mass is 16.5. The number of nitrogens with one attached hydrogen (secondary N) is 2. The lowest BCUT2D eigenvalue weighted by Gasteiger charge is -2.28. The molecule has 0 amide bonds. The molecule has 0 unspecified atom stereocenters. The average Bonchev–Trinajstić information content (AvgIpc) is 2.27. The molecule has 3 rings (SSSR count). The first kappa shape index (κ1) is 10.1. The van der Waals surface area contributed by atoms with Gasteiger partial charge in [-0.1, -0.05) is 18.2 Å². The highest BCUT2D eigenvalue weighted by Gasteiger charge is 2.18. The maximum atomic E-state index is 5.16. The summed E-state index contributed by atoms with van der Waals surface area (Å²) in [6.45, 7) is 3.78. The molecule has 0 aromatic heterocycles. The molecule has 1 aromatic carbocycles. The van der Waals surface area contributed by atoms with E-state index in [1.807, 2.05) is 0 Å². The van der Waals surface area contributed by atoms with Gasteiger partial charge in [-0.05, 0) is 24.0 Å². The second kappa shape index (κ2) is 4.44. The predicted octanol–water partition coefficient (Wildman–Crippen LogP) is 1.53. The molecule has 0 radical (unpaired) electrons. The maximum absolute atomic E-state index is 5.16. The number of aryl methyl sites for hydroxylation is 1. The van der Waals surface area contributed by atoms with Crippen molar-refractivity contribution < 1.29 is 4.74 Å². The molecule has 0 aliphatic carbocycles. The van der Waals surface area contributed by atoms with Gasteiger partial charge in [0.15, 0.2) is 0 Å². The fourth-order valence-electron chi connectivity index (χ4n) is 2.34. The van der Waals surface area contributed by atoms with Crippen LogP contribution in [0.5, 0.6) is 0 Å². The zero-order valence-corrected chi connectivity index (χ0v) is 9.46. The van der Waals surface area contributed by atoms with Crippen LogP contribution in [-0.2, 0) is 17.7 Å². The largest absolute Gasteiger partial charge is 0.385 e. The standard InChI is InChI=1S/C13H18N2O/c1-3-10-5-2-6-14-13(10)11(4-1)7-15-12-8-16-9-12/h1,3-4,12,14-15H,2,5-9H2. The Kier molecular flexibility index (Phi) is 2.80. The third kappa shape index (κ3) is 1.93. The van der Waals surface area contributed by atoms with Gasteiger partial charge >= 0.3 is 0 Å². The van der Waals surface area contributed by atoms with Crippen LogP contribution in [0.2, 0.25) is 0 Å². The number of para-hydroxylation sites is 1. The molecule has 2 aliphatic heterocycles. The minimum atomic E-state index is 0.555. The zero-order chi connectivity index (χ0) is 10.8. The van der Waals surface area contributed by atoms with Gasteiger partial charge in [0.05, 0.1) is 19.3 Å². The van der Waals surface area contributed by atoms with Gasteiger partial charge in [-0.2, -0.15) is 0 Å². The summed E-state index contributed by atoms with van der Waals surface area (Å²) in [4.78, 5) is 0. The van der Waals surface area contributed by atoms with Crippen LogP contribution in [0.25, 0.3) is 0 Å². The summed E-state index contributed by atoms with van der Waals surface area (Å²) in [5.74, 6) is 0. The van der Waals surface area contributed by atoms with Gasteiger partial charge in [-0.15, -0.1) is 0 Å². The molecule has 0 saturated carbocycles. The zero-order valence-electron chi connectivity index (χ0n) is 9.46. The Morgan fingerprint density at radius 1 is 1.38 bits per heavy atom. The molecule has 16 heavy (non-hydrogen) atoms. The third-order valence-corrected chi connectivity index (χ3v) is 3.38. The molecule has 0 atom stereocenters. The molecule has 0 bridgehead atoms. The first-order chi connectivity index (χ1) is 7.93. The molecule has 2 N–H and O–H groups in total. The number of rotatable bonds is 3. The number of anilines is 1. The van der Waals surface area contributed by atoms with Crippen molar-refractivity contribution in [1.82, 2.24) is 5.32 Å². The fourth-order valence-corrected chi connectivity index (χ4v) is 2.34. The van der Waals surface area contributed by atoms with E-state index in [-0.39, 0.29) is 0 Å². The van der Waals surface area contributed by atoms with E-state index in [4.69, 9.17) is 4.74 Å². The summed E-state index contributed by atoms with van der Waals surface area (Å²) in [5, 5.41) is 7.04. The maximum Gasteiger partial charge on any atom is 0.0643 e. The third-order valence-electron chi connectivity index (χ3n) is 3.38. The molecule has 3 heteroatoms. The van der Waals surface area contributed by atoms with Crippen LogP contribution in [0.1, 0.15) is 17.5 Å². The van der Waals surface area contributed by atoms with Crippen molar-refractivity contribution in [3.05, 3.63) is 29.3 Å². The van der Waals surface area contributed by atoms with Gasteiger partial charge in [0.25, 0.3) is 0 Å². The number of fused-ring (bicyclic) bond motifs is 1. The van der Waals surface area contributed by atoms with E-state index in [2.05, 4.69) is 28.8 Å². The molecule has 1 aromatic rings. The van der Waals surface area contributed by atoms with Crippen LogP contribution < -0.4 is 10.6 Å². The van der Waals surface area contributed by atoms with E-state index >= 15 is 0 Å². The SMILES string of the molecule is c1cc2c(c(CNC3COC3)c1)NCCC2. The molecule has 2 heterocycles. The van der Waals surface area contributed by atoms with E-state index in [0.717, 1.165) is 26.3 Å². The predicted molar refractivity (Wildman–Crippen MR) is 64.7 cm³/mol. The van der Waals surface area contributed by atoms with Gasteiger partial charge in [0.2, 0.25) is 0 Å². The molecule has 1 saturated heterocycles. The van der Waals surface area contributed by atoms with Crippen LogP contribution in [-0.4, -0.2) is 25.8 Å². The van der Waals surface area contributed by atoms with E-state index in [1.165, 1.54) is 29.7 Å². The van der Waals surface area contributed by atoms with Crippen molar-refractivity contribution in [1.29, 1.82) is 0 Å². The summed E-state index contributed by atoms with van der Waals surface area (Å²) in [6.07, 6.45) is 2.46. The minimum absolute atomic E-state index is 0.555. The van der Waals surface area contributed by atoms with Crippen molar-refractivity contribution in [3.8, 4) is 0 Å². The number of hydrogen-bond donors (Lipinski definition) is 2. The van der Waals surface area contributed by atoms with E-state index < -0.39 is 0 Å². The molecule has 86 valence electrons. The molecular formula is C13H18N2O. The van der Waals surface area contributed by atoms with Gasteiger partial charge in [0.1, 0.15) is 0 Å². The lowest BCUT2D eigenvalue weighted by atomic mass is 9.99. The van der Waals surface area contributed by atoms with E-state index in [9.17, 15) is 0 Å². The normalized spacial score (nSPS) is 19.8. The average molecular weight is 218 g/mol. The number of hydrogen-bond acceptors (Lipinski definition) is 3. The van der Waals surface area contributed by atoms with E-state index in [1.54, 1.807) is 0 Å². The summed E-state index contributed by atoms with van der Waals surface area (Å²) in [6, 6.07) is 7.17. The number of benzene rings is 1. The van der Waals surface area contributed by atoms with Crippen molar-refractivity contribution in [3.63, 3.8) is 0 Å². The topological polar surface area (TPSA) is 33.3 Å². The molecule has 0 spiro atoms. The number of ether oxygens (including phenoxy) is 1. The Morgan fingerprint density at radius 2 is 2.31 bits per heavy atom. The Morgan fingerprint density at radius 3 is 3.12 bits per heavy atom. The second-order valence-corrected chi connectivity index (χ2v) is 4.60. The Bertz CT molecular complexity index is 374. The highest BCUT2D eigenvalue weighted by Crippen LogP contribution is 2.26. The van der Waals surface area contributed by atoms with Crippen molar-refractivity contribution in [2.75, 3.05) is 25.1 Å². The van der Waals surface area contributed by atoms with Crippen LogP contribution in [0, 0.1) is 0 Å².